The monoisotopic (exact) mass is 333 g/mol. The van der Waals surface area contributed by atoms with Crippen molar-refractivity contribution in [3.63, 3.8) is 0 Å². The van der Waals surface area contributed by atoms with Crippen LogP contribution in [0.5, 0.6) is 5.75 Å². The predicted molar refractivity (Wildman–Crippen MR) is 93.0 cm³/mol. The first-order valence-electron chi connectivity index (χ1n) is 8.67. The van der Waals surface area contributed by atoms with Gasteiger partial charge in [-0.25, -0.2) is 0 Å². The van der Waals surface area contributed by atoms with Crippen LogP contribution in [0.2, 0.25) is 0 Å². The Balaban J connectivity index is 1.67. The van der Waals surface area contributed by atoms with Crippen molar-refractivity contribution in [2.45, 2.75) is 32.1 Å². The highest BCUT2D eigenvalue weighted by atomic mass is 16.5. The van der Waals surface area contributed by atoms with Gasteiger partial charge in [-0.2, -0.15) is 0 Å². The minimum atomic E-state index is -0.527. The summed E-state index contributed by atoms with van der Waals surface area (Å²) in [5.41, 5.74) is 5.60. The van der Waals surface area contributed by atoms with Gasteiger partial charge in [-0.05, 0) is 63.2 Å². The summed E-state index contributed by atoms with van der Waals surface area (Å²) in [5, 5.41) is 2.94. The number of carbonyl (C=O) groups excluding carboxylic acids is 2. The van der Waals surface area contributed by atoms with E-state index in [0.717, 1.165) is 13.0 Å². The molecule has 2 rings (SSSR count). The fourth-order valence-electron chi connectivity index (χ4n) is 2.82. The van der Waals surface area contributed by atoms with E-state index in [9.17, 15) is 9.59 Å². The van der Waals surface area contributed by atoms with Gasteiger partial charge in [0.2, 0.25) is 0 Å². The lowest BCUT2D eigenvalue weighted by molar-refractivity contribution is -0.119. The summed E-state index contributed by atoms with van der Waals surface area (Å²) in [6.07, 6.45) is 6.22. The Kier molecular flexibility index (Phi) is 7.55. The molecule has 0 bridgehead atoms. The Morgan fingerprint density at radius 1 is 1.08 bits per heavy atom. The van der Waals surface area contributed by atoms with E-state index in [4.69, 9.17) is 10.5 Å². The van der Waals surface area contributed by atoms with Crippen LogP contribution in [0.3, 0.4) is 0 Å². The second-order valence-electron chi connectivity index (χ2n) is 6.14. The van der Waals surface area contributed by atoms with Gasteiger partial charge >= 0.3 is 0 Å². The zero-order valence-corrected chi connectivity index (χ0v) is 14.1. The standard InChI is InChI=1S/C18H27N3O3/c19-17(22)14-24-16-8-6-15(7-9-16)18(23)20-10-5-13-21-11-3-1-2-4-12-21/h6-9H,1-5,10-14H2,(H2,19,22)(H,20,23). The van der Waals surface area contributed by atoms with E-state index in [1.807, 2.05) is 0 Å². The molecule has 0 unspecified atom stereocenters. The van der Waals surface area contributed by atoms with Gasteiger partial charge in [-0.1, -0.05) is 12.8 Å². The molecule has 1 saturated heterocycles. The third-order valence-electron chi connectivity index (χ3n) is 4.13. The molecule has 1 aromatic carbocycles. The van der Waals surface area contributed by atoms with Crippen molar-refractivity contribution in [1.82, 2.24) is 10.2 Å². The van der Waals surface area contributed by atoms with Crippen LogP contribution >= 0.6 is 0 Å². The number of carbonyl (C=O) groups is 2. The number of primary amides is 1. The van der Waals surface area contributed by atoms with Gasteiger partial charge in [0.1, 0.15) is 5.75 Å². The first kappa shape index (κ1) is 18.3. The van der Waals surface area contributed by atoms with Crippen LogP contribution in [-0.4, -0.2) is 49.5 Å². The first-order valence-corrected chi connectivity index (χ1v) is 8.67. The van der Waals surface area contributed by atoms with Crippen LogP contribution in [-0.2, 0) is 4.79 Å². The number of benzene rings is 1. The quantitative estimate of drug-likeness (QED) is 0.707. The highest BCUT2D eigenvalue weighted by molar-refractivity contribution is 5.94. The number of likely N-dealkylation sites (tertiary alicyclic amines) is 1. The van der Waals surface area contributed by atoms with Gasteiger partial charge in [0.25, 0.3) is 11.8 Å². The second kappa shape index (κ2) is 9.93. The van der Waals surface area contributed by atoms with Crippen LogP contribution in [0.4, 0.5) is 0 Å². The molecule has 0 aliphatic carbocycles. The largest absolute Gasteiger partial charge is 0.484 e. The molecule has 1 heterocycles. The summed E-state index contributed by atoms with van der Waals surface area (Å²) >= 11 is 0. The molecule has 0 radical (unpaired) electrons. The number of nitrogens with zero attached hydrogens (tertiary/aromatic N) is 1. The highest BCUT2D eigenvalue weighted by Crippen LogP contribution is 2.12. The Bertz CT molecular complexity index is 523. The molecular weight excluding hydrogens is 306 g/mol. The SMILES string of the molecule is NC(=O)COc1ccc(C(=O)NCCCN2CCCCCC2)cc1. The van der Waals surface area contributed by atoms with E-state index in [2.05, 4.69) is 10.2 Å². The normalized spacial score (nSPS) is 15.5. The lowest BCUT2D eigenvalue weighted by Crippen LogP contribution is -2.30. The van der Waals surface area contributed by atoms with Crippen LogP contribution in [0, 0.1) is 0 Å². The van der Waals surface area contributed by atoms with Gasteiger partial charge in [-0.3, -0.25) is 9.59 Å². The third-order valence-corrected chi connectivity index (χ3v) is 4.13. The number of nitrogens with two attached hydrogens (primary N) is 1. The third kappa shape index (κ3) is 6.58. The maximum atomic E-state index is 12.1. The van der Waals surface area contributed by atoms with Crippen LogP contribution in [0.1, 0.15) is 42.5 Å². The summed E-state index contributed by atoms with van der Waals surface area (Å²) in [7, 11) is 0. The summed E-state index contributed by atoms with van der Waals surface area (Å²) in [6, 6.07) is 6.69. The molecule has 132 valence electrons. The van der Waals surface area contributed by atoms with Crippen molar-refractivity contribution in [2.24, 2.45) is 5.73 Å². The Morgan fingerprint density at radius 3 is 2.38 bits per heavy atom. The van der Waals surface area contributed by atoms with Crippen LogP contribution in [0.15, 0.2) is 24.3 Å². The minimum Gasteiger partial charge on any atom is -0.484 e. The lowest BCUT2D eigenvalue weighted by atomic mass is 10.2. The molecule has 1 aliphatic rings. The van der Waals surface area contributed by atoms with Crippen molar-refractivity contribution >= 4 is 11.8 Å². The number of ether oxygens (including phenoxy) is 1. The maximum Gasteiger partial charge on any atom is 0.255 e. The van der Waals surface area contributed by atoms with E-state index in [1.165, 1.54) is 38.8 Å². The summed E-state index contributed by atoms with van der Waals surface area (Å²) < 4.78 is 5.17. The smallest absolute Gasteiger partial charge is 0.255 e. The van der Waals surface area contributed by atoms with E-state index in [0.29, 0.717) is 17.9 Å². The van der Waals surface area contributed by atoms with Crippen molar-refractivity contribution in [2.75, 3.05) is 32.8 Å². The van der Waals surface area contributed by atoms with Crippen molar-refractivity contribution in [3.05, 3.63) is 29.8 Å². The Morgan fingerprint density at radius 2 is 1.75 bits per heavy atom. The van der Waals surface area contributed by atoms with Gasteiger partial charge in [0.15, 0.2) is 6.61 Å². The number of nitrogens with one attached hydrogen (secondary N) is 1. The number of hydrogen-bond donors (Lipinski definition) is 2. The van der Waals surface area contributed by atoms with E-state index in [-0.39, 0.29) is 12.5 Å². The number of amides is 2. The Hall–Kier alpha value is -2.08. The lowest BCUT2D eigenvalue weighted by Gasteiger charge is -2.19. The first-order chi connectivity index (χ1) is 11.6. The molecule has 1 fully saturated rings. The molecule has 2 amide bonds. The molecule has 0 aromatic heterocycles. The van der Waals surface area contributed by atoms with Crippen molar-refractivity contribution in [3.8, 4) is 5.75 Å². The Labute approximate surface area is 143 Å². The average Bonchev–Trinajstić information content (AvgIpc) is 2.86. The zero-order valence-electron chi connectivity index (χ0n) is 14.1. The van der Waals surface area contributed by atoms with E-state index in [1.54, 1.807) is 24.3 Å². The fraction of sp³-hybridized carbons (Fsp3) is 0.556. The molecule has 6 heteroatoms. The van der Waals surface area contributed by atoms with Crippen LogP contribution in [0.25, 0.3) is 0 Å². The second-order valence-corrected chi connectivity index (χ2v) is 6.14. The number of rotatable bonds is 8. The van der Waals surface area contributed by atoms with E-state index < -0.39 is 5.91 Å². The summed E-state index contributed by atoms with van der Waals surface area (Å²) in [5.74, 6) is -0.0972. The molecule has 1 aliphatic heterocycles. The predicted octanol–water partition coefficient (Wildman–Crippen LogP) is 1.55. The van der Waals surface area contributed by atoms with Crippen molar-refractivity contribution < 1.29 is 14.3 Å². The van der Waals surface area contributed by atoms with Gasteiger partial charge in [-0.15, -0.1) is 0 Å². The molecule has 24 heavy (non-hydrogen) atoms. The fourth-order valence-corrected chi connectivity index (χ4v) is 2.82. The molecule has 0 saturated carbocycles. The maximum absolute atomic E-state index is 12.1. The topological polar surface area (TPSA) is 84.7 Å². The van der Waals surface area contributed by atoms with Gasteiger partial charge in [0, 0.05) is 12.1 Å². The van der Waals surface area contributed by atoms with Gasteiger partial charge < -0.3 is 20.7 Å². The molecule has 3 N–H and O–H groups in total. The van der Waals surface area contributed by atoms with E-state index >= 15 is 0 Å². The molecule has 1 aromatic rings. The average molecular weight is 333 g/mol. The van der Waals surface area contributed by atoms with Crippen molar-refractivity contribution in [1.29, 1.82) is 0 Å². The van der Waals surface area contributed by atoms with Gasteiger partial charge in [0.05, 0.1) is 0 Å². The summed E-state index contributed by atoms with van der Waals surface area (Å²) in [6.45, 7) is 3.92. The minimum absolute atomic E-state index is 0.0904. The number of hydrogen-bond acceptors (Lipinski definition) is 4. The summed E-state index contributed by atoms with van der Waals surface area (Å²) in [4.78, 5) is 25.2. The molecule has 0 spiro atoms. The zero-order chi connectivity index (χ0) is 17.2. The molecule has 0 atom stereocenters. The molecular formula is C18H27N3O3. The van der Waals surface area contributed by atoms with Crippen LogP contribution < -0.4 is 15.8 Å². The molecule has 6 nitrogen and oxygen atoms in total. The highest BCUT2D eigenvalue weighted by Gasteiger charge is 2.09.